The molecule has 1 atom stereocenters. The zero-order valence-corrected chi connectivity index (χ0v) is 9.52. The van der Waals surface area contributed by atoms with Crippen LogP contribution >= 0.6 is 0 Å². The van der Waals surface area contributed by atoms with Crippen molar-refractivity contribution in [3.63, 3.8) is 0 Å². The molecule has 0 heterocycles. The molecule has 0 aliphatic heterocycles. The number of terminal acetylenes is 1. The van der Waals surface area contributed by atoms with Gasteiger partial charge in [0, 0.05) is 5.92 Å². The molecule has 16 heavy (non-hydrogen) atoms. The van der Waals surface area contributed by atoms with Gasteiger partial charge in [0.05, 0.1) is 0 Å². The molecule has 0 unspecified atom stereocenters. The smallest absolute Gasteiger partial charge is 0.153 e. The summed E-state index contributed by atoms with van der Waals surface area (Å²) in [4.78, 5) is 0. The molecule has 1 aromatic carbocycles. The van der Waals surface area contributed by atoms with Gasteiger partial charge in [0.25, 0.3) is 0 Å². The summed E-state index contributed by atoms with van der Waals surface area (Å²) in [5.41, 5.74) is -0.203. The highest BCUT2D eigenvalue weighted by Crippen LogP contribution is 2.38. The average molecular weight is 214 g/mol. The lowest BCUT2D eigenvalue weighted by Gasteiger charge is -2.34. The Bertz CT molecular complexity index is 370. The van der Waals surface area contributed by atoms with Gasteiger partial charge in [-0.3, -0.25) is 0 Å². The van der Waals surface area contributed by atoms with Crippen LogP contribution in [0, 0.1) is 18.3 Å². The van der Waals surface area contributed by atoms with Crippen LogP contribution in [-0.2, 0) is 5.60 Å². The fraction of sp³-hybridized carbons (Fsp3) is 0.467. The van der Waals surface area contributed by atoms with Crippen molar-refractivity contribution in [2.24, 2.45) is 5.92 Å². The van der Waals surface area contributed by atoms with E-state index in [4.69, 9.17) is 6.42 Å². The van der Waals surface area contributed by atoms with Gasteiger partial charge in [-0.25, -0.2) is 0 Å². The van der Waals surface area contributed by atoms with Crippen molar-refractivity contribution in [3.8, 4) is 12.3 Å². The molecule has 1 nitrogen and oxygen atoms in total. The first kappa shape index (κ1) is 11.2. The molecular formula is C15H18O. The second kappa shape index (κ2) is 4.72. The van der Waals surface area contributed by atoms with Crippen LogP contribution in [0.3, 0.4) is 0 Å². The van der Waals surface area contributed by atoms with Gasteiger partial charge in [0.1, 0.15) is 0 Å². The molecule has 0 aromatic heterocycles. The van der Waals surface area contributed by atoms with Crippen LogP contribution in [0.2, 0.25) is 0 Å². The quantitative estimate of drug-likeness (QED) is 0.750. The van der Waals surface area contributed by atoms with Gasteiger partial charge in [-0.2, -0.15) is 0 Å². The summed E-state index contributed by atoms with van der Waals surface area (Å²) in [6, 6.07) is 9.66. The molecule has 1 aromatic rings. The summed E-state index contributed by atoms with van der Waals surface area (Å²) < 4.78 is 0. The van der Waals surface area contributed by atoms with Crippen LogP contribution in [0.25, 0.3) is 0 Å². The molecule has 0 radical (unpaired) electrons. The number of aliphatic hydroxyl groups is 1. The molecule has 0 bridgehead atoms. The van der Waals surface area contributed by atoms with Crippen molar-refractivity contribution in [2.45, 2.75) is 37.7 Å². The predicted octanol–water partition coefficient (Wildman–Crippen LogP) is 3.09. The van der Waals surface area contributed by atoms with E-state index >= 15 is 0 Å². The second-order valence-corrected chi connectivity index (χ2v) is 4.61. The number of hydrogen-bond acceptors (Lipinski definition) is 1. The zero-order valence-electron chi connectivity index (χ0n) is 9.52. The Labute approximate surface area is 97.5 Å². The van der Waals surface area contributed by atoms with Crippen LogP contribution in [0.15, 0.2) is 30.3 Å². The summed E-state index contributed by atoms with van der Waals surface area (Å²) in [7, 11) is 0. The van der Waals surface area contributed by atoms with Crippen molar-refractivity contribution in [2.75, 3.05) is 0 Å². The molecule has 1 N–H and O–H groups in total. The van der Waals surface area contributed by atoms with Crippen LogP contribution in [0.4, 0.5) is 0 Å². The van der Waals surface area contributed by atoms with Gasteiger partial charge in [0.2, 0.25) is 0 Å². The second-order valence-electron chi connectivity index (χ2n) is 4.61. The van der Waals surface area contributed by atoms with Gasteiger partial charge < -0.3 is 5.11 Å². The molecule has 2 rings (SSSR count). The maximum Gasteiger partial charge on any atom is 0.153 e. The third-order valence-electron chi connectivity index (χ3n) is 3.63. The number of hydrogen-bond donors (Lipinski definition) is 1. The van der Waals surface area contributed by atoms with Crippen molar-refractivity contribution >= 4 is 0 Å². The molecule has 1 saturated carbocycles. The van der Waals surface area contributed by atoms with Crippen LogP contribution in [-0.4, -0.2) is 5.11 Å². The third kappa shape index (κ3) is 1.99. The first-order valence-electron chi connectivity index (χ1n) is 6.03. The summed E-state index contributed by atoms with van der Waals surface area (Å²) in [5, 5.41) is 10.7. The highest BCUT2D eigenvalue weighted by molar-refractivity contribution is 5.31. The van der Waals surface area contributed by atoms with E-state index in [-0.39, 0.29) is 5.92 Å². The topological polar surface area (TPSA) is 20.2 Å². The molecule has 1 fully saturated rings. The minimum absolute atomic E-state index is 0.216. The summed E-state index contributed by atoms with van der Waals surface area (Å²) in [6.45, 7) is 0. The van der Waals surface area contributed by atoms with E-state index in [0.717, 1.165) is 18.4 Å². The summed E-state index contributed by atoms with van der Waals surface area (Å²) in [5.74, 6) is 2.84. The predicted molar refractivity (Wildman–Crippen MR) is 65.7 cm³/mol. The summed E-state index contributed by atoms with van der Waals surface area (Å²) >= 11 is 0. The van der Waals surface area contributed by atoms with E-state index in [1.165, 1.54) is 19.3 Å². The molecule has 1 aliphatic rings. The minimum Gasteiger partial charge on any atom is -0.373 e. The Morgan fingerprint density at radius 2 is 1.75 bits per heavy atom. The molecule has 0 amide bonds. The van der Waals surface area contributed by atoms with Crippen molar-refractivity contribution in [3.05, 3.63) is 35.9 Å². The Balaban J connectivity index is 2.29. The van der Waals surface area contributed by atoms with E-state index in [1.54, 1.807) is 0 Å². The average Bonchev–Trinajstić information content (AvgIpc) is 2.40. The minimum atomic E-state index is -1.07. The molecular weight excluding hydrogens is 196 g/mol. The third-order valence-corrected chi connectivity index (χ3v) is 3.63. The lowest BCUT2D eigenvalue weighted by Crippen LogP contribution is -2.34. The van der Waals surface area contributed by atoms with Gasteiger partial charge in [-0.1, -0.05) is 55.5 Å². The van der Waals surface area contributed by atoms with E-state index in [9.17, 15) is 5.11 Å². The molecule has 84 valence electrons. The van der Waals surface area contributed by atoms with Crippen LogP contribution in [0.5, 0.6) is 0 Å². The lowest BCUT2D eigenvalue weighted by molar-refractivity contribution is 0.0161. The normalized spacial score (nSPS) is 21.0. The van der Waals surface area contributed by atoms with E-state index in [0.29, 0.717) is 0 Å². The standard InChI is InChI=1S/C15H18O/c1-2-15(16,13-9-5-3-6-10-13)14-11-7-4-8-12-14/h1,3,5-6,9-10,14,16H,4,7-8,11-12H2/t15-/m0/s1. The Kier molecular flexibility index (Phi) is 3.31. The Morgan fingerprint density at radius 1 is 1.12 bits per heavy atom. The van der Waals surface area contributed by atoms with E-state index in [1.807, 2.05) is 30.3 Å². The van der Waals surface area contributed by atoms with Gasteiger partial charge in [0.15, 0.2) is 5.60 Å². The van der Waals surface area contributed by atoms with Crippen LogP contribution < -0.4 is 0 Å². The largest absolute Gasteiger partial charge is 0.373 e. The lowest BCUT2D eigenvalue weighted by atomic mass is 9.74. The first-order chi connectivity index (χ1) is 7.77. The highest BCUT2D eigenvalue weighted by Gasteiger charge is 2.36. The Hall–Kier alpha value is -1.26. The Morgan fingerprint density at radius 3 is 2.31 bits per heavy atom. The molecule has 1 heteroatoms. The fourth-order valence-electron chi connectivity index (χ4n) is 2.65. The molecule has 1 aliphatic carbocycles. The molecule has 0 spiro atoms. The van der Waals surface area contributed by atoms with Crippen molar-refractivity contribution < 1.29 is 5.11 Å². The molecule has 0 saturated heterocycles. The van der Waals surface area contributed by atoms with Gasteiger partial charge in [-0.15, -0.1) is 6.42 Å². The van der Waals surface area contributed by atoms with Crippen molar-refractivity contribution in [1.82, 2.24) is 0 Å². The maximum atomic E-state index is 10.7. The van der Waals surface area contributed by atoms with Crippen LogP contribution in [0.1, 0.15) is 37.7 Å². The van der Waals surface area contributed by atoms with Crippen molar-refractivity contribution in [1.29, 1.82) is 0 Å². The summed E-state index contributed by atoms with van der Waals surface area (Å²) in [6.07, 6.45) is 11.3. The number of benzene rings is 1. The SMILES string of the molecule is C#C[C@](O)(c1ccccc1)C1CCCCC1. The van der Waals surface area contributed by atoms with Gasteiger partial charge in [-0.05, 0) is 18.4 Å². The van der Waals surface area contributed by atoms with Gasteiger partial charge >= 0.3 is 0 Å². The van der Waals surface area contributed by atoms with E-state index in [2.05, 4.69) is 5.92 Å². The number of rotatable bonds is 2. The van der Waals surface area contributed by atoms with E-state index < -0.39 is 5.60 Å². The zero-order chi connectivity index (χ0) is 11.4. The fourth-order valence-corrected chi connectivity index (χ4v) is 2.65. The maximum absolute atomic E-state index is 10.7. The monoisotopic (exact) mass is 214 g/mol. The highest BCUT2D eigenvalue weighted by atomic mass is 16.3. The first-order valence-corrected chi connectivity index (χ1v) is 6.03.